The third-order valence-corrected chi connectivity index (χ3v) is 3.05. The molecule has 0 saturated carbocycles. The zero-order valence-electron chi connectivity index (χ0n) is 12.1. The summed E-state index contributed by atoms with van der Waals surface area (Å²) in [5.74, 6) is 0.667. The molecule has 0 fully saturated rings. The lowest BCUT2D eigenvalue weighted by atomic mass is 10.2. The fourth-order valence-corrected chi connectivity index (χ4v) is 1.86. The molecule has 0 bridgehead atoms. The maximum Gasteiger partial charge on any atom is 0.227 e. The first kappa shape index (κ1) is 19.8. The normalized spacial score (nSPS) is 11.3. The predicted octanol–water partition coefficient (Wildman–Crippen LogP) is 2.08. The average Bonchev–Trinajstić information content (AvgIpc) is 2.45. The number of amides is 1. The molecule has 0 spiro atoms. The number of halogens is 2. The molecule has 0 heterocycles. The Morgan fingerprint density at radius 2 is 1.90 bits per heavy atom. The van der Waals surface area contributed by atoms with Crippen LogP contribution < -0.4 is 20.5 Å². The summed E-state index contributed by atoms with van der Waals surface area (Å²) in [4.78, 5) is 11.9. The molecule has 0 radical (unpaired) electrons. The van der Waals surface area contributed by atoms with Crippen molar-refractivity contribution in [2.24, 2.45) is 5.73 Å². The van der Waals surface area contributed by atoms with Gasteiger partial charge in [0.05, 0.1) is 37.5 Å². The minimum atomic E-state index is -0.324. The Labute approximate surface area is 135 Å². The number of nitrogens with two attached hydrogens (primary N) is 1. The summed E-state index contributed by atoms with van der Waals surface area (Å²) in [5, 5.41) is 3.13. The molecule has 3 N–H and O–H groups in total. The number of anilines is 1. The Balaban J connectivity index is 0.00000400. The van der Waals surface area contributed by atoms with Gasteiger partial charge in [-0.2, -0.15) is 0 Å². The number of carbonyl (C=O) groups is 1. The van der Waals surface area contributed by atoms with Gasteiger partial charge in [0.2, 0.25) is 5.91 Å². The number of methoxy groups -OCH3 is 3. The maximum absolute atomic E-state index is 11.9. The second kappa shape index (κ2) is 9.68. The fraction of sp³-hybridized carbons (Fsp3) is 0.462. The van der Waals surface area contributed by atoms with E-state index < -0.39 is 0 Å². The SMILES string of the molecule is COc1cc(NC(=O)CC(CN)OC)c(OC)cc1Cl.Cl. The Kier molecular flexibility index (Phi) is 9.12. The summed E-state index contributed by atoms with van der Waals surface area (Å²) in [6.45, 7) is 0.269. The molecule has 0 aliphatic heterocycles. The summed E-state index contributed by atoms with van der Waals surface area (Å²) in [6.07, 6.45) is -0.170. The van der Waals surface area contributed by atoms with Crippen LogP contribution in [0, 0.1) is 0 Å². The molecule has 21 heavy (non-hydrogen) atoms. The van der Waals surface area contributed by atoms with Crippen LogP contribution in [0.15, 0.2) is 12.1 Å². The van der Waals surface area contributed by atoms with Crippen LogP contribution in [-0.4, -0.2) is 39.9 Å². The van der Waals surface area contributed by atoms with Gasteiger partial charge in [0.25, 0.3) is 0 Å². The van der Waals surface area contributed by atoms with Crippen LogP contribution in [-0.2, 0) is 9.53 Å². The Bertz CT molecular complexity index is 468. The highest BCUT2D eigenvalue weighted by molar-refractivity contribution is 6.32. The van der Waals surface area contributed by atoms with Gasteiger partial charge in [-0.05, 0) is 0 Å². The van der Waals surface area contributed by atoms with Crippen molar-refractivity contribution in [2.75, 3.05) is 33.2 Å². The topological polar surface area (TPSA) is 82.8 Å². The summed E-state index contributed by atoms with van der Waals surface area (Å²) in [6, 6.07) is 3.18. The molecule has 1 unspecified atom stereocenters. The van der Waals surface area contributed by atoms with E-state index in [1.54, 1.807) is 12.1 Å². The highest BCUT2D eigenvalue weighted by Gasteiger charge is 2.15. The minimum Gasteiger partial charge on any atom is -0.495 e. The van der Waals surface area contributed by atoms with E-state index in [4.69, 9.17) is 31.5 Å². The van der Waals surface area contributed by atoms with Gasteiger partial charge < -0.3 is 25.3 Å². The number of ether oxygens (including phenoxy) is 3. The van der Waals surface area contributed by atoms with Crippen molar-refractivity contribution in [3.05, 3.63) is 17.2 Å². The van der Waals surface area contributed by atoms with Gasteiger partial charge in [0.15, 0.2) is 0 Å². The number of nitrogens with one attached hydrogen (secondary N) is 1. The Hall–Kier alpha value is -1.21. The molecular weight excluding hydrogens is 319 g/mol. The van der Waals surface area contributed by atoms with Crippen LogP contribution in [0.25, 0.3) is 0 Å². The Morgan fingerprint density at radius 3 is 2.38 bits per heavy atom. The first-order chi connectivity index (χ1) is 9.55. The van der Waals surface area contributed by atoms with Gasteiger partial charge in [0, 0.05) is 25.8 Å². The van der Waals surface area contributed by atoms with Gasteiger partial charge >= 0.3 is 0 Å². The zero-order valence-corrected chi connectivity index (χ0v) is 13.7. The van der Waals surface area contributed by atoms with E-state index in [2.05, 4.69) is 5.32 Å². The van der Waals surface area contributed by atoms with Crippen molar-refractivity contribution in [1.29, 1.82) is 0 Å². The van der Waals surface area contributed by atoms with Crippen molar-refractivity contribution >= 4 is 35.6 Å². The molecule has 1 rings (SSSR count). The first-order valence-electron chi connectivity index (χ1n) is 5.99. The predicted molar refractivity (Wildman–Crippen MR) is 84.9 cm³/mol. The van der Waals surface area contributed by atoms with E-state index in [1.165, 1.54) is 21.3 Å². The standard InChI is InChI=1S/C13H19ClN2O4.ClH/c1-18-8(7-15)4-13(17)16-10-6-11(19-2)9(14)5-12(10)20-3;/h5-6,8H,4,7,15H2,1-3H3,(H,16,17);1H. The molecule has 120 valence electrons. The van der Waals surface area contributed by atoms with E-state index >= 15 is 0 Å². The average molecular weight is 339 g/mol. The number of carbonyl (C=O) groups excluding carboxylic acids is 1. The van der Waals surface area contributed by atoms with E-state index in [1.807, 2.05) is 0 Å². The van der Waals surface area contributed by atoms with Gasteiger partial charge in [-0.15, -0.1) is 12.4 Å². The number of rotatable bonds is 7. The van der Waals surface area contributed by atoms with Gasteiger partial charge in [-0.25, -0.2) is 0 Å². The van der Waals surface area contributed by atoms with Crippen molar-refractivity contribution in [3.8, 4) is 11.5 Å². The number of hydrogen-bond donors (Lipinski definition) is 2. The maximum atomic E-state index is 11.9. The van der Waals surface area contributed by atoms with Crippen molar-refractivity contribution < 1.29 is 19.0 Å². The van der Waals surface area contributed by atoms with Crippen LogP contribution >= 0.6 is 24.0 Å². The molecular formula is C13H20Cl2N2O4. The van der Waals surface area contributed by atoms with Crippen molar-refractivity contribution in [3.63, 3.8) is 0 Å². The van der Waals surface area contributed by atoms with Gasteiger partial charge in [0.1, 0.15) is 11.5 Å². The molecule has 1 aromatic rings. The molecule has 1 amide bonds. The van der Waals surface area contributed by atoms with Crippen LogP contribution in [0.1, 0.15) is 6.42 Å². The quantitative estimate of drug-likeness (QED) is 0.795. The van der Waals surface area contributed by atoms with E-state index in [0.717, 1.165) is 0 Å². The van der Waals surface area contributed by atoms with E-state index in [9.17, 15) is 4.79 Å². The lowest BCUT2D eigenvalue weighted by molar-refractivity contribution is -0.118. The minimum absolute atomic E-state index is 0. The molecule has 0 aliphatic carbocycles. The smallest absolute Gasteiger partial charge is 0.227 e. The van der Waals surface area contributed by atoms with Crippen LogP contribution in [0.2, 0.25) is 5.02 Å². The van der Waals surface area contributed by atoms with Crippen molar-refractivity contribution in [1.82, 2.24) is 0 Å². The second-order valence-corrected chi connectivity index (χ2v) is 4.44. The lowest BCUT2D eigenvalue weighted by Crippen LogP contribution is -2.28. The molecule has 0 aliphatic rings. The zero-order chi connectivity index (χ0) is 15.1. The molecule has 1 atom stereocenters. The highest BCUT2D eigenvalue weighted by atomic mass is 35.5. The summed E-state index contributed by atoms with van der Waals surface area (Å²) in [7, 11) is 4.50. The molecule has 6 nitrogen and oxygen atoms in total. The largest absolute Gasteiger partial charge is 0.495 e. The number of hydrogen-bond acceptors (Lipinski definition) is 5. The summed E-state index contributed by atoms with van der Waals surface area (Å²) in [5.41, 5.74) is 5.96. The third kappa shape index (κ3) is 5.59. The van der Waals surface area contributed by atoms with Crippen LogP contribution in [0.4, 0.5) is 5.69 Å². The van der Waals surface area contributed by atoms with E-state index in [-0.39, 0.29) is 37.4 Å². The second-order valence-electron chi connectivity index (χ2n) is 4.03. The lowest BCUT2D eigenvalue weighted by Gasteiger charge is -2.15. The Morgan fingerprint density at radius 1 is 1.29 bits per heavy atom. The highest BCUT2D eigenvalue weighted by Crippen LogP contribution is 2.35. The van der Waals surface area contributed by atoms with Gasteiger partial charge in [-0.1, -0.05) is 11.6 Å². The molecule has 1 aromatic carbocycles. The monoisotopic (exact) mass is 338 g/mol. The van der Waals surface area contributed by atoms with Gasteiger partial charge in [-0.3, -0.25) is 4.79 Å². The number of benzene rings is 1. The van der Waals surface area contributed by atoms with E-state index in [0.29, 0.717) is 22.2 Å². The fourth-order valence-electron chi connectivity index (χ4n) is 1.63. The molecule has 0 saturated heterocycles. The third-order valence-electron chi connectivity index (χ3n) is 2.76. The van der Waals surface area contributed by atoms with Crippen LogP contribution in [0.5, 0.6) is 11.5 Å². The van der Waals surface area contributed by atoms with Crippen LogP contribution in [0.3, 0.4) is 0 Å². The summed E-state index contributed by atoms with van der Waals surface area (Å²) < 4.78 is 15.3. The first-order valence-corrected chi connectivity index (χ1v) is 6.37. The molecule has 0 aromatic heterocycles. The summed E-state index contributed by atoms with van der Waals surface area (Å²) >= 11 is 5.99. The molecule has 8 heteroatoms. The van der Waals surface area contributed by atoms with Crippen molar-refractivity contribution in [2.45, 2.75) is 12.5 Å².